The average molecular weight is 502 g/mol. The third-order valence-electron chi connectivity index (χ3n) is 6.60. The third kappa shape index (κ3) is 4.20. The lowest BCUT2D eigenvalue weighted by Gasteiger charge is -2.30. The number of para-hydroxylation sites is 1. The highest BCUT2D eigenvalue weighted by Gasteiger charge is 2.33. The van der Waals surface area contributed by atoms with Crippen molar-refractivity contribution in [2.24, 2.45) is 0 Å². The lowest BCUT2D eigenvalue weighted by atomic mass is 10.1. The Kier molecular flexibility index (Phi) is 6.06. The number of aromatic nitrogens is 1. The second kappa shape index (κ2) is 9.51. The molecular formula is C27H27N5O3S. The quantitative estimate of drug-likeness (QED) is 0.264. The fourth-order valence-electron chi connectivity index (χ4n) is 4.90. The zero-order valence-electron chi connectivity index (χ0n) is 19.8. The van der Waals surface area contributed by atoms with E-state index in [1.54, 1.807) is 11.1 Å². The molecular weight excluding hydrogens is 474 g/mol. The summed E-state index contributed by atoms with van der Waals surface area (Å²) in [6, 6.07) is 17.0. The number of aryl methyl sites for hydroxylation is 1. The standard InChI is InChI=1S/C27H27N5O3S/c1-16-14-19(35-18-7-3-2-4-8-18)9-10-20(16)32-21-11-13-29-26-22(21)23(31-27(32)34)24(36-26)25(33)30-17-6-5-12-28-15-17/h2-4,7-11,13-14,17,25,28,30,33H,5-6,12,15H2,1H3,(H,31,34)/t17-,25?/m0/s1. The number of aliphatic hydroxyl groups excluding tert-OH is 1. The second-order valence-corrected chi connectivity index (χ2v) is 10.1. The van der Waals surface area contributed by atoms with Crippen LogP contribution in [0.4, 0.5) is 21.9 Å². The van der Waals surface area contributed by atoms with Crippen LogP contribution < -0.4 is 25.6 Å². The number of aliphatic hydroxyl groups is 1. The van der Waals surface area contributed by atoms with Crippen molar-refractivity contribution in [3.63, 3.8) is 0 Å². The Morgan fingerprint density at radius 3 is 2.81 bits per heavy atom. The van der Waals surface area contributed by atoms with Crippen LogP contribution in [0, 0.1) is 6.92 Å². The normalized spacial score (nSPS) is 18.2. The van der Waals surface area contributed by atoms with E-state index in [0.29, 0.717) is 16.3 Å². The summed E-state index contributed by atoms with van der Waals surface area (Å²) in [5.74, 6) is 1.45. The first-order chi connectivity index (χ1) is 17.6. The Labute approximate surface area is 212 Å². The maximum absolute atomic E-state index is 13.4. The lowest BCUT2D eigenvalue weighted by Crippen LogP contribution is -2.44. The predicted molar refractivity (Wildman–Crippen MR) is 142 cm³/mol. The van der Waals surface area contributed by atoms with Gasteiger partial charge in [-0.1, -0.05) is 18.2 Å². The summed E-state index contributed by atoms with van der Waals surface area (Å²) in [5, 5.41) is 21.6. The molecule has 0 aliphatic carbocycles. The molecule has 6 rings (SSSR count). The van der Waals surface area contributed by atoms with Gasteiger partial charge in [-0.05, 0) is 68.3 Å². The lowest BCUT2D eigenvalue weighted by molar-refractivity contribution is 0.120. The fourth-order valence-corrected chi connectivity index (χ4v) is 5.96. The van der Waals surface area contributed by atoms with Crippen molar-refractivity contribution in [3.8, 4) is 11.5 Å². The van der Waals surface area contributed by atoms with Gasteiger partial charge in [0.2, 0.25) is 0 Å². The van der Waals surface area contributed by atoms with Gasteiger partial charge < -0.3 is 20.5 Å². The number of ether oxygens (including phenoxy) is 1. The minimum Gasteiger partial charge on any atom is -0.457 e. The first kappa shape index (κ1) is 22.9. The van der Waals surface area contributed by atoms with Crippen LogP contribution in [0.3, 0.4) is 0 Å². The summed E-state index contributed by atoms with van der Waals surface area (Å²) < 4.78 is 5.97. The molecule has 2 aromatic carbocycles. The van der Waals surface area contributed by atoms with Gasteiger partial charge in [0.05, 0.1) is 27.3 Å². The van der Waals surface area contributed by atoms with Crippen molar-refractivity contribution in [1.82, 2.24) is 15.6 Å². The van der Waals surface area contributed by atoms with Crippen LogP contribution in [-0.2, 0) is 0 Å². The van der Waals surface area contributed by atoms with E-state index in [0.717, 1.165) is 58.8 Å². The molecule has 2 amide bonds. The monoisotopic (exact) mass is 501 g/mol. The SMILES string of the molecule is Cc1cc(Oc2ccccc2)ccc1N1C(=O)Nc2c(C(O)N[C@H]3CCCNC3)sc3nccc1c23. The van der Waals surface area contributed by atoms with Gasteiger partial charge in [0.1, 0.15) is 22.6 Å². The van der Waals surface area contributed by atoms with E-state index in [9.17, 15) is 9.90 Å². The second-order valence-electron chi connectivity index (χ2n) is 9.09. The highest BCUT2D eigenvalue weighted by Crippen LogP contribution is 2.48. The van der Waals surface area contributed by atoms with Crippen LogP contribution in [0.5, 0.6) is 11.5 Å². The van der Waals surface area contributed by atoms with Crippen molar-refractivity contribution in [2.75, 3.05) is 23.3 Å². The Morgan fingerprint density at radius 2 is 2.03 bits per heavy atom. The zero-order valence-corrected chi connectivity index (χ0v) is 20.6. The highest BCUT2D eigenvalue weighted by molar-refractivity contribution is 7.19. The largest absolute Gasteiger partial charge is 0.457 e. The van der Waals surface area contributed by atoms with Gasteiger partial charge in [0.15, 0.2) is 0 Å². The van der Waals surface area contributed by atoms with Gasteiger partial charge in [0, 0.05) is 18.8 Å². The molecule has 1 fully saturated rings. The molecule has 4 heterocycles. The molecule has 4 aromatic rings. The van der Waals surface area contributed by atoms with Crippen LogP contribution in [0.15, 0.2) is 60.8 Å². The molecule has 0 saturated carbocycles. The number of hydrogen-bond acceptors (Lipinski definition) is 7. The van der Waals surface area contributed by atoms with Gasteiger partial charge in [0.25, 0.3) is 0 Å². The number of nitrogens with zero attached hydrogens (tertiary/aromatic N) is 2. The number of carbonyl (C=O) groups excluding carboxylic acids is 1. The van der Waals surface area contributed by atoms with E-state index >= 15 is 0 Å². The molecule has 4 N–H and O–H groups in total. The summed E-state index contributed by atoms with van der Waals surface area (Å²) in [4.78, 5) is 21.1. The van der Waals surface area contributed by atoms with E-state index < -0.39 is 6.23 Å². The summed E-state index contributed by atoms with van der Waals surface area (Å²) >= 11 is 1.40. The summed E-state index contributed by atoms with van der Waals surface area (Å²) in [6.07, 6.45) is 2.88. The Morgan fingerprint density at radius 1 is 1.17 bits per heavy atom. The van der Waals surface area contributed by atoms with Gasteiger partial charge in [-0.2, -0.15) is 0 Å². The molecule has 1 unspecified atom stereocenters. The number of nitrogens with one attached hydrogen (secondary N) is 3. The van der Waals surface area contributed by atoms with E-state index in [2.05, 4.69) is 20.9 Å². The molecule has 36 heavy (non-hydrogen) atoms. The van der Waals surface area contributed by atoms with Crippen molar-refractivity contribution in [3.05, 3.63) is 71.2 Å². The molecule has 8 nitrogen and oxygen atoms in total. The first-order valence-corrected chi connectivity index (χ1v) is 12.9. The van der Waals surface area contributed by atoms with Crippen LogP contribution >= 0.6 is 11.3 Å². The molecule has 0 spiro atoms. The fraction of sp³-hybridized carbons (Fsp3) is 0.259. The van der Waals surface area contributed by atoms with Crippen LogP contribution in [0.2, 0.25) is 0 Å². The number of urea groups is 1. The average Bonchev–Trinajstić information content (AvgIpc) is 3.26. The van der Waals surface area contributed by atoms with E-state index in [-0.39, 0.29) is 12.1 Å². The van der Waals surface area contributed by atoms with Gasteiger partial charge >= 0.3 is 6.03 Å². The number of carbonyl (C=O) groups is 1. The minimum absolute atomic E-state index is 0.175. The number of amides is 2. The Bertz CT molecular complexity index is 1420. The Balaban J connectivity index is 1.34. The van der Waals surface area contributed by atoms with E-state index in [1.165, 1.54) is 11.3 Å². The number of rotatable bonds is 6. The number of thiophene rings is 1. The minimum atomic E-state index is -0.889. The van der Waals surface area contributed by atoms with Gasteiger partial charge in [-0.25, -0.2) is 9.78 Å². The molecule has 1 saturated heterocycles. The van der Waals surface area contributed by atoms with Crippen molar-refractivity contribution >= 4 is 44.6 Å². The van der Waals surface area contributed by atoms with Crippen LogP contribution in [0.25, 0.3) is 10.2 Å². The molecule has 2 aliphatic heterocycles. The predicted octanol–water partition coefficient (Wildman–Crippen LogP) is 5.41. The van der Waals surface area contributed by atoms with Gasteiger partial charge in [-0.3, -0.25) is 10.2 Å². The van der Waals surface area contributed by atoms with Crippen molar-refractivity contribution < 1.29 is 14.6 Å². The van der Waals surface area contributed by atoms with E-state index in [1.807, 2.05) is 61.5 Å². The summed E-state index contributed by atoms with van der Waals surface area (Å²) in [5.41, 5.74) is 3.03. The van der Waals surface area contributed by atoms with Crippen LogP contribution in [-0.4, -0.2) is 35.3 Å². The number of pyridine rings is 1. The first-order valence-electron chi connectivity index (χ1n) is 12.1. The topological polar surface area (TPSA) is 98.8 Å². The smallest absolute Gasteiger partial charge is 0.331 e. The molecule has 9 heteroatoms. The third-order valence-corrected chi connectivity index (χ3v) is 7.75. The number of benzene rings is 2. The van der Waals surface area contributed by atoms with Crippen molar-refractivity contribution in [1.29, 1.82) is 0 Å². The molecule has 2 aromatic heterocycles. The van der Waals surface area contributed by atoms with Crippen molar-refractivity contribution in [2.45, 2.75) is 32.0 Å². The molecule has 0 bridgehead atoms. The number of piperidine rings is 1. The maximum atomic E-state index is 13.4. The van der Waals surface area contributed by atoms with E-state index in [4.69, 9.17) is 4.74 Å². The zero-order chi connectivity index (χ0) is 24.6. The summed E-state index contributed by atoms with van der Waals surface area (Å²) in [6.45, 7) is 3.77. The number of hydrogen-bond donors (Lipinski definition) is 4. The number of anilines is 3. The van der Waals surface area contributed by atoms with Crippen LogP contribution in [0.1, 0.15) is 29.5 Å². The van der Waals surface area contributed by atoms with Gasteiger partial charge in [-0.15, -0.1) is 11.3 Å². The maximum Gasteiger partial charge on any atom is 0.331 e. The molecule has 2 aliphatic rings. The molecule has 2 atom stereocenters. The Hall–Kier alpha value is -3.50. The highest BCUT2D eigenvalue weighted by atomic mass is 32.1. The molecule has 0 radical (unpaired) electrons. The summed E-state index contributed by atoms with van der Waals surface area (Å²) in [7, 11) is 0. The molecule has 184 valence electrons.